The summed E-state index contributed by atoms with van der Waals surface area (Å²) in [5.41, 5.74) is 9.84. The Morgan fingerprint density at radius 1 is 1.10 bits per heavy atom. The molecule has 2 saturated heterocycles. The molecular weight excluding hydrogens is 540 g/mol. The molecule has 0 radical (unpaired) electrons. The fourth-order valence-corrected chi connectivity index (χ4v) is 7.14. The minimum absolute atomic E-state index is 0.0301. The van der Waals surface area contributed by atoms with E-state index < -0.39 is 16.4 Å². The number of rotatable bonds is 7. The first-order chi connectivity index (χ1) is 19.9. The molecule has 1 unspecified atom stereocenters. The van der Waals surface area contributed by atoms with Crippen LogP contribution in [0.4, 0.5) is 0 Å². The number of carbonyl (C=O) groups excluding carboxylic acids is 2. The Labute approximate surface area is 241 Å². The maximum atomic E-state index is 13.9. The molecule has 0 bridgehead atoms. The minimum atomic E-state index is -2.66. The topological polar surface area (TPSA) is 114 Å². The van der Waals surface area contributed by atoms with Crippen LogP contribution in [0.5, 0.6) is 0 Å². The van der Waals surface area contributed by atoms with Gasteiger partial charge in [0.25, 0.3) is 5.91 Å². The first kappa shape index (κ1) is 26.6. The van der Waals surface area contributed by atoms with E-state index in [1.807, 2.05) is 16.0 Å². The molecule has 11 heteroatoms. The van der Waals surface area contributed by atoms with Crippen LogP contribution in [0, 0.1) is 11.8 Å². The summed E-state index contributed by atoms with van der Waals surface area (Å²) in [6, 6.07) is 8.68. The predicted octanol–water partition coefficient (Wildman–Crippen LogP) is 1.58. The van der Waals surface area contributed by atoms with Gasteiger partial charge in [-0.15, -0.1) is 0 Å². The Morgan fingerprint density at radius 3 is 2.46 bits per heavy atom. The van der Waals surface area contributed by atoms with Crippen molar-refractivity contribution in [1.82, 2.24) is 25.0 Å². The molecular formula is C30H36N6O4S. The number of hydrogen-bond acceptors (Lipinski definition) is 7. The summed E-state index contributed by atoms with van der Waals surface area (Å²) in [7, 11) is -2.66. The van der Waals surface area contributed by atoms with Crippen LogP contribution >= 0.6 is 0 Å². The van der Waals surface area contributed by atoms with Gasteiger partial charge in [-0.25, -0.2) is 18.1 Å². The number of likely N-dealkylation sites (tertiary alicyclic amines) is 1. The third-order valence-corrected chi connectivity index (χ3v) is 10.2. The van der Waals surface area contributed by atoms with Gasteiger partial charge in [0.2, 0.25) is 16.8 Å². The number of aliphatic imine (C=N–C) groups is 1. The fraction of sp³-hybridized carbons (Fsp3) is 0.500. The van der Waals surface area contributed by atoms with Crippen molar-refractivity contribution in [3.8, 4) is 0 Å². The van der Waals surface area contributed by atoms with Gasteiger partial charge < -0.3 is 10.3 Å². The number of benzene rings is 1. The summed E-state index contributed by atoms with van der Waals surface area (Å²) >= 11 is 0. The zero-order valence-electron chi connectivity index (χ0n) is 23.0. The van der Waals surface area contributed by atoms with Crippen molar-refractivity contribution >= 4 is 34.1 Å². The molecule has 3 fully saturated rings. The quantitative estimate of drug-likeness (QED) is 0.425. The van der Waals surface area contributed by atoms with Crippen LogP contribution < -0.4 is 10.9 Å². The van der Waals surface area contributed by atoms with E-state index in [4.69, 9.17) is 4.99 Å². The van der Waals surface area contributed by atoms with Crippen LogP contribution in [0.2, 0.25) is 0 Å². The monoisotopic (exact) mass is 576 g/mol. The smallest absolute Gasteiger partial charge is 0.256 e. The largest absolute Gasteiger partial charge is 0.342 e. The molecule has 6 aliphatic rings. The highest BCUT2D eigenvalue weighted by atomic mass is 32.2. The molecule has 216 valence electrons. The lowest BCUT2D eigenvalue weighted by Crippen LogP contribution is -2.57. The van der Waals surface area contributed by atoms with Crippen LogP contribution in [0.25, 0.3) is 5.57 Å². The van der Waals surface area contributed by atoms with E-state index in [1.165, 1.54) is 21.0 Å². The lowest BCUT2D eigenvalue weighted by Gasteiger charge is -2.42. The van der Waals surface area contributed by atoms with Crippen molar-refractivity contribution in [3.63, 3.8) is 0 Å². The molecule has 41 heavy (non-hydrogen) atoms. The van der Waals surface area contributed by atoms with E-state index in [0.717, 1.165) is 31.4 Å². The van der Waals surface area contributed by atoms with Crippen LogP contribution in [-0.2, 0) is 20.5 Å². The highest BCUT2D eigenvalue weighted by molar-refractivity contribution is 7.69. The Hall–Kier alpha value is -3.28. The molecule has 1 aromatic rings. The number of hydrazine groups is 1. The molecule has 2 N–H and O–H groups in total. The Balaban J connectivity index is 1.08. The number of piperidine rings is 1. The maximum Gasteiger partial charge on any atom is 0.256 e. The Morgan fingerprint density at radius 2 is 1.85 bits per heavy atom. The molecule has 7 rings (SSSR count). The first-order valence-corrected chi connectivity index (χ1v) is 15.8. The average molecular weight is 577 g/mol. The van der Waals surface area contributed by atoms with Gasteiger partial charge in [-0.1, -0.05) is 42.5 Å². The van der Waals surface area contributed by atoms with E-state index in [0.29, 0.717) is 51.4 Å². The molecule has 1 spiro atoms. The van der Waals surface area contributed by atoms with Crippen LogP contribution in [0.3, 0.4) is 0 Å². The third kappa shape index (κ3) is 5.04. The van der Waals surface area contributed by atoms with Crippen molar-refractivity contribution in [2.24, 2.45) is 16.8 Å². The third-order valence-electron chi connectivity index (χ3n) is 9.35. The van der Waals surface area contributed by atoms with E-state index in [2.05, 4.69) is 53.3 Å². The van der Waals surface area contributed by atoms with Crippen LogP contribution in [-0.4, -0.2) is 85.0 Å². The number of hydrogen-bond donors (Lipinski definition) is 3. The molecule has 10 nitrogen and oxygen atoms in total. The highest BCUT2D eigenvalue weighted by Gasteiger charge is 2.51. The highest BCUT2D eigenvalue weighted by Crippen LogP contribution is 2.39. The second kappa shape index (κ2) is 10.5. The van der Waals surface area contributed by atoms with Gasteiger partial charge in [0.15, 0.2) is 0 Å². The summed E-state index contributed by atoms with van der Waals surface area (Å²) in [5, 5.41) is 0. The summed E-state index contributed by atoms with van der Waals surface area (Å²) in [5.74, 6) is 1.59. The first-order valence-electron chi connectivity index (χ1n) is 14.7. The second-order valence-electron chi connectivity index (χ2n) is 12.1. The van der Waals surface area contributed by atoms with Crippen molar-refractivity contribution in [2.45, 2.75) is 43.6 Å². The molecule has 0 aromatic heterocycles. The zero-order valence-corrected chi connectivity index (χ0v) is 23.9. The van der Waals surface area contributed by atoms with Gasteiger partial charge in [-0.3, -0.25) is 19.5 Å². The number of amides is 2. The summed E-state index contributed by atoms with van der Waals surface area (Å²) in [6.45, 7) is 3.30. The summed E-state index contributed by atoms with van der Waals surface area (Å²) < 4.78 is 24.5. The molecule has 1 atom stereocenters. The maximum absolute atomic E-state index is 13.9. The lowest BCUT2D eigenvalue weighted by atomic mass is 9.88. The number of nitrogens with one attached hydrogen (secondary N) is 2. The van der Waals surface area contributed by atoms with Crippen molar-refractivity contribution in [3.05, 3.63) is 65.4 Å². The van der Waals surface area contributed by atoms with Gasteiger partial charge in [-0.2, -0.15) is 0 Å². The fourth-order valence-electron chi connectivity index (χ4n) is 6.61. The number of thiol groups is 1. The van der Waals surface area contributed by atoms with Gasteiger partial charge in [0, 0.05) is 68.8 Å². The average Bonchev–Trinajstić information content (AvgIpc) is 3.62. The van der Waals surface area contributed by atoms with Crippen molar-refractivity contribution in [2.75, 3.05) is 39.3 Å². The second-order valence-corrected chi connectivity index (χ2v) is 13.1. The van der Waals surface area contributed by atoms with Crippen molar-refractivity contribution < 1.29 is 18.0 Å². The Bertz CT molecular complexity index is 1440. The molecule has 1 saturated carbocycles. The van der Waals surface area contributed by atoms with Gasteiger partial charge in [0.1, 0.15) is 11.4 Å². The van der Waals surface area contributed by atoms with Crippen LogP contribution in [0.1, 0.15) is 49.1 Å². The van der Waals surface area contributed by atoms with Crippen molar-refractivity contribution in [1.29, 1.82) is 0 Å². The lowest BCUT2D eigenvalue weighted by molar-refractivity contribution is -0.140. The molecule has 4 heterocycles. The number of amidine groups is 1. The van der Waals surface area contributed by atoms with Crippen LogP contribution in [0.15, 0.2) is 59.3 Å². The standard InChI is InChI=1S/C30H36N6O4S/c37-28(25-9-10-25)34-17-20(18-34)19-36-27(33-30(29(36)38)11-13-35(14-12-30)41(39)40)24-7-5-22(6-8-24)21-1-3-23(4-2-21)26-15-31-32-16-26/h1-5,7-8,15,20,22,25,31-32,41H,6,9-14,16-19H2. The minimum Gasteiger partial charge on any atom is -0.342 e. The normalized spacial score (nSPS) is 26.2. The molecule has 2 amide bonds. The number of carbonyl (C=O) groups is 2. The molecule has 4 aliphatic heterocycles. The van der Waals surface area contributed by atoms with E-state index in [9.17, 15) is 18.0 Å². The molecule has 1 aromatic carbocycles. The number of nitrogens with zero attached hydrogens (tertiary/aromatic N) is 4. The predicted molar refractivity (Wildman–Crippen MR) is 156 cm³/mol. The zero-order chi connectivity index (χ0) is 28.1. The summed E-state index contributed by atoms with van der Waals surface area (Å²) in [6.07, 6.45) is 12.0. The van der Waals surface area contributed by atoms with Gasteiger partial charge in [-0.05, 0) is 48.8 Å². The SMILES string of the molecule is O=C(C1CC1)N1CC(CN2C(=O)C3(CCN([SH](=O)=O)CC3)N=C2C2=CCC(c3ccc(C4=CNNC4)cc3)C=C2)C1. The van der Waals surface area contributed by atoms with E-state index >= 15 is 0 Å². The van der Waals surface area contributed by atoms with Gasteiger partial charge >= 0.3 is 0 Å². The van der Waals surface area contributed by atoms with Gasteiger partial charge in [0.05, 0.1) is 0 Å². The number of allylic oxidation sites excluding steroid dienone is 2. The van der Waals surface area contributed by atoms with E-state index in [1.54, 1.807) is 0 Å². The Kier molecular flexibility index (Phi) is 6.83. The summed E-state index contributed by atoms with van der Waals surface area (Å²) in [4.78, 5) is 35.2. The van der Waals surface area contributed by atoms with E-state index in [-0.39, 0.29) is 29.6 Å². The molecule has 2 aliphatic carbocycles.